The number of halogens is 2. The fraction of sp³-hybridized carbons (Fsp3) is 0.455. The van der Waals surface area contributed by atoms with Gasteiger partial charge in [-0.3, -0.25) is 0 Å². The Morgan fingerprint density at radius 3 is 2.80 bits per heavy atom. The van der Waals surface area contributed by atoms with Crippen molar-refractivity contribution in [1.29, 1.82) is 0 Å². The van der Waals surface area contributed by atoms with Crippen LogP contribution in [0.5, 0.6) is 0 Å². The molecule has 0 fully saturated rings. The van der Waals surface area contributed by atoms with Gasteiger partial charge in [-0.15, -0.1) is 0 Å². The average Bonchev–Trinajstić information content (AvgIpc) is 2.20. The molecule has 0 aliphatic rings. The van der Waals surface area contributed by atoms with E-state index in [2.05, 4.69) is 5.32 Å². The Balaban J connectivity index is 2.31. The Morgan fingerprint density at radius 1 is 1.33 bits per heavy atom. The Labute approximate surface area is 101 Å². The summed E-state index contributed by atoms with van der Waals surface area (Å²) in [5, 5.41) is 4.67. The molecule has 1 rings (SSSR count). The van der Waals surface area contributed by atoms with Gasteiger partial charge in [0.15, 0.2) is 0 Å². The third-order valence-corrected chi connectivity index (χ3v) is 2.62. The largest absolute Gasteiger partial charge is 0.385 e. The number of methoxy groups -OCH3 is 1. The van der Waals surface area contributed by atoms with Gasteiger partial charge >= 0.3 is 0 Å². The first-order valence-electron chi connectivity index (χ1n) is 4.87. The summed E-state index contributed by atoms with van der Waals surface area (Å²) < 4.78 is 4.95. The van der Waals surface area contributed by atoms with Gasteiger partial charge in [0.2, 0.25) is 0 Å². The van der Waals surface area contributed by atoms with Gasteiger partial charge in [0, 0.05) is 30.3 Å². The van der Waals surface area contributed by atoms with Crippen LogP contribution in [0.1, 0.15) is 12.0 Å². The lowest BCUT2D eigenvalue weighted by Crippen LogP contribution is -2.16. The molecule has 0 saturated carbocycles. The molecule has 0 amide bonds. The molecule has 4 heteroatoms. The van der Waals surface area contributed by atoms with Crippen LogP contribution in [-0.4, -0.2) is 20.3 Å². The van der Waals surface area contributed by atoms with Gasteiger partial charge in [-0.05, 0) is 30.7 Å². The first-order chi connectivity index (χ1) is 7.24. The zero-order chi connectivity index (χ0) is 11.1. The quantitative estimate of drug-likeness (QED) is 0.781. The Kier molecular flexibility index (Phi) is 6.03. The molecule has 2 nitrogen and oxygen atoms in total. The third-order valence-electron chi connectivity index (χ3n) is 2.03. The predicted molar refractivity (Wildman–Crippen MR) is 64.7 cm³/mol. The van der Waals surface area contributed by atoms with Crippen LogP contribution >= 0.6 is 23.2 Å². The second-order valence-corrected chi connectivity index (χ2v) is 4.10. The number of benzene rings is 1. The van der Waals surface area contributed by atoms with Crippen LogP contribution in [0.15, 0.2) is 18.2 Å². The van der Waals surface area contributed by atoms with E-state index in [0.29, 0.717) is 10.0 Å². The summed E-state index contributed by atoms with van der Waals surface area (Å²) in [6, 6.07) is 5.54. The van der Waals surface area contributed by atoms with Crippen LogP contribution in [0.4, 0.5) is 0 Å². The summed E-state index contributed by atoms with van der Waals surface area (Å²) in [5.41, 5.74) is 1.07. The Morgan fingerprint density at radius 2 is 2.13 bits per heavy atom. The number of hydrogen-bond donors (Lipinski definition) is 1. The highest BCUT2D eigenvalue weighted by molar-refractivity contribution is 6.35. The van der Waals surface area contributed by atoms with Gasteiger partial charge in [-0.25, -0.2) is 0 Å². The van der Waals surface area contributed by atoms with Crippen molar-refractivity contribution in [3.05, 3.63) is 33.8 Å². The van der Waals surface area contributed by atoms with Crippen LogP contribution in [0.3, 0.4) is 0 Å². The van der Waals surface area contributed by atoms with E-state index >= 15 is 0 Å². The minimum Gasteiger partial charge on any atom is -0.385 e. The van der Waals surface area contributed by atoms with Gasteiger partial charge in [-0.1, -0.05) is 29.3 Å². The van der Waals surface area contributed by atoms with Gasteiger partial charge in [0.1, 0.15) is 0 Å². The minimum atomic E-state index is 0.670. The first-order valence-corrected chi connectivity index (χ1v) is 5.63. The molecule has 1 N–H and O–H groups in total. The summed E-state index contributed by atoms with van der Waals surface area (Å²) in [6.07, 6.45) is 1.00. The molecule has 0 bridgehead atoms. The maximum absolute atomic E-state index is 6.02. The molecule has 0 radical (unpaired) electrons. The second-order valence-electron chi connectivity index (χ2n) is 3.26. The maximum atomic E-state index is 6.02. The molecule has 15 heavy (non-hydrogen) atoms. The lowest BCUT2D eigenvalue weighted by molar-refractivity contribution is 0.194. The van der Waals surface area contributed by atoms with Crippen molar-refractivity contribution in [2.24, 2.45) is 0 Å². The molecule has 0 heterocycles. The Bertz CT molecular complexity index is 305. The van der Waals surface area contributed by atoms with E-state index in [-0.39, 0.29) is 0 Å². The van der Waals surface area contributed by atoms with Crippen LogP contribution in [-0.2, 0) is 11.3 Å². The molecule has 0 atom stereocenters. The third kappa shape index (κ3) is 4.85. The number of ether oxygens (including phenoxy) is 1. The van der Waals surface area contributed by atoms with E-state index in [4.69, 9.17) is 27.9 Å². The maximum Gasteiger partial charge on any atom is 0.0474 e. The molecule has 0 aromatic heterocycles. The summed E-state index contributed by atoms with van der Waals surface area (Å²) in [6.45, 7) is 2.47. The van der Waals surface area contributed by atoms with Crippen LogP contribution in [0, 0.1) is 0 Å². The van der Waals surface area contributed by atoms with E-state index in [1.54, 1.807) is 13.2 Å². The Hall–Kier alpha value is -0.280. The highest BCUT2D eigenvalue weighted by atomic mass is 35.5. The van der Waals surface area contributed by atoms with Crippen molar-refractivity contribution >= 4 is 23.2 Å². The summed E-state index contributed by atoms with van der Waals surface area (Å²) in [7, 11) is 1.70. The molecule has 0 saturated heterocycles. The zero-order valence-corrected chi connectivity index (χ0v) is 10.2. The SMILES string of the molecule is COCCCNCc1ccc(Cl)cc1Cl. The van der Waals surface area contributed by atoms with Gasteiger partial charge in [0.05, 0.1) is 0 Å². The normalized spacial score (nSPS) is 10.6. The molecule has 0 aliphatic heterocycles. The van der Waals surface area contributed by atoms with E-state index in [1.165, 1.54) is 0 Å². The van der Waals surface area contributed by atoms with Gasteiger partial charge < -0.3 is 10.1 Å². The van der Waals surface area contributed by atoms with E-state index in [0.717, 1.165) is 31.7 Å². The molecule has 0 aliphatic carbocycles. The molecule has 0 unspecified atom stereocenters. The van der Waals surface area contributed by atoms with Crippen molar-refractivity contribution in [1.82, 2.24) is 5.32 Å². The fourth-order valence-electron chi connectivity index (χ4n) is 1.23. The highest BCUT2D eigenvalue weighted by Crippen LogP contribution is 2.20. The predicted octanol–water partition coefficient (Wildman–Crippen LogP) is 3.12. The van der Waals surface area contributed by atoms with Crippen LogP contribution < -0.4 is 5.32 Å². The van der Waals surface area contributed by atoms with Crippen molar-refractivity contribution < 1.29 is 4.74 Å². The van der Waals surface area contributed by atoms with Crippen molar-refractivity contribution in [2.45, 2.75) is 13.0 Å². The number of rotatable bonds is 6. The molecule has 1 aromatic carbocycles. The lowest BCUT2D eigenvalue weighted by atomic mass is 10.2. The molecule has 0 spiro atoms. The van der Waals surface area contributed by atoms with E-state index in [9.17, 15) is 0 Å². The zero-order valence-electron chi connectivity index (χ0n) is 8.72. The average molecular weight is 248 g/mol. The van der Waals surface area contributed by atoms with Crippen molar-refractivity contribution in [3.63, 3.8) is 0 Å². The number of nitrogens with one attached hydrogen (secondary N) is 1. The number of hydrogen-bond acceptors (Lipinski definition) is 2. The standard InChI is InChI=1S/C11H15Cl2NO/c1-15-6-2-5-14-8-9-3-4-10(12)7-11(9)13/h3-4,7,14H,2,5-6,8H2,1H3. The van der Waals surface area contributed by atoms with Crippen LogP contribution in [0.25, 0.3) is 0 Å². The summed E-state index contributed by atoms with van der Waals surface area (Å²) in [4.78, 5) is 0. The summed E-state index contributed by atoms with van der Waals surface area (Å²) in [5.74, 6) is 0. The topological polar surface area (TPSA) is 21.3 Å². The second kappa shape index (κ2) is 7.07. The van der Waals surface area contributed by atoms with Gasteiger partial charge in [-0.2, -0.15) is 0 Å². The lowest BCUT2D eigenvalue weighted by Gasteiger charge is -2.06. The summed E-state index contributed by atoms with van der Waals surface area (Å²) >= 11 is 11.8. The van der Waals surface area contributed by atoms with E-state index in [1.807, 2.05) is 12.1 Å². The molecule has 1 aromatic rings. The van der Waals surface area contributed by atoms with Crippen molar-refractivity contribution in [2.75, 3.05) is 20.3 Å². The fourth-order valence-corrected chi connectivity index (χ4v) is 1.70. The van der Waals surface area contributed by atoms with Crippen molar-refractivity contribution in [3.8, 4) is 0 Å². The van der Waals surface area contributed by atoms with E-state index < -0.39 is 0 Å². The molecule has 84 valence electrons. The van der Waals surface area contributed by atoms with Gasteiger partial charge in [0.25, 0.3) is 0 Å². The highest BCUT2D eigenvalue weighted by Gasteiger charge is 2.00. The minimum absolute atomic E-state index is 0.670. The van der Waals surface area contributed by atoms with Crippen LogP contribution in [0.2, 0.25) is 10.0 Å². The first kappa shape index (κ1) is 12.8. The smallest absolute Gasteiger partial charge is 0.0474 e. The molecular formula is C11H15Cl2NO. The molecular weight excluding hydrogens is 233 g/mol. The monoisotopic (exact) mass is 247 g/mol.